The van der Waals surface area contributed by atoms with Gasteiger partial charge in [0.1, 0.15) is 18.1 Å². The molecular formula is C21H19F2N3O6S. The largest absolute Gasteiger partial charge is 0.486 e. The highest BCUT2D eigenvalue weighted by atomic mass is 32.2. The van der Waals surface area contributed by atoms with Crippen LogP contribution in [0.2, 0.25) is 0 Å². The molecule has 2 amide bonds. The number of ether oxygens (including phenoxy) is 1. The monoisotopic (exact) mass is 479 g/mol. The molecule has 0 radical (unpaired) electrons. The number of halogens is 2. The fourth-order valence-corrected chi connectivity index (χ4v) is 3.57. The molecule has 0 fully saturated rings. The van der Waals surface area contributed by atoms with Gasteiger partial charge in [0.25, 0.3) is 0 Å². The fourth-order valence-electron chi connectivity index (χ4n) is 2.53. The van der Waals surface area contributed by atoms with E-state index in [1.165, 1.54) is 6.07 Å². The first-order valence-corrected chi connectivity index (χ1v) is 11.0. The van der Waals surface area contributed by atoms with Gasteiger partial charge in [-0.1, -0.05) is 18.2 Å². The fraction of sp³-hybridized carbons (Fsp3) is 0.143. The second-order valence-electron chi connectivity index (χ2n) is 6.59. The Morgan fingerprint density at radius 1 is 0.939 bits per heavy atom. The lowest BCUT2D eigenvalue weighted by molar-refractivity contribution is -0.121. The molecule has 0 aliphatic heterocycles. The number of hydrazine groups is 1. The predicted molar refractivity (Wildman–Crippen MR) is 111 cm³/mol. The van der Waals surface area contributed by atoms with Crippen LogP contribution in [0, 0.1) is 11.6 Å². The lowest BCUT2D eigenvalue weighted by Crippen LogP contribution is -2.42. The van der Waals surface area contributed by atoms with Crippen LogP contribution in [0.5, 0.6) is 5.75 Å². The zero-order valence-corrected chi connectivity index (χ0v) is 17.8. The molecule has 1 aromatic heterocycles. The number of nitrogens with one attached hydrogen (secondary N) is 3. The van der Waals surface area contributed by atoms with E-state index in [4.69, 9.17) is 9.15 Å². The third-order valence-corrected chi connectivity index (χ3v) is 5.63. The summed E-state index contributed by atoms with van der Waals surface area (Å²) in [5.41, 5.74) is 4.25. The molecule has 9 nitrogen and oxygen atoms in total. The number of benzene rings is 2. The molecule has 3 aromatic rings. The zero-order valence-electron chi connectivity index (χ0n) is 17.0. The summed E-state index contributed by atoms with van der Waals surface area (Å²) < 4.78 is 63.2. The minimum Gasteiger partial charge on any atom is -0.486 e. The second kappa shape index (κ2) is 10.7. The van der Waals surface area contributed by atoms with Crippen LogP contribution in [0.4, 0.5) is 8.78 Å². The first-order chi connectivity index (χ1) is 15.7. The van der Waals surface area contributed by atoms with Crippen molar-refractivity contribution in [1.29, 1.82) is 0 Å². The second-order valence-corrected chi connectivity index (χ2v) is 8.36. The van der Waals surface area contributed by atoms with E-state index < -0.39 is 38.4 Å². The van der Waals surface area contributed by atoms with Crippen LogP contribution >= 0.6 is 0 Å². The van der Waals surface area contributed by atoms with Gasteiger partial charge >= 0.3 is 5.91 Å². The van der Waals surface area contributed by atoms with Gasteiger partial charge in [0, 0.05) is 13.0 Å². The molecule has 0 saturated carbocycles. The van der Waals surface area contributed by atoms with Gasteiger partial charge in [-0.05, 0) is 42.5 Å². The maximum Gasteiger partial charge on any atom is 0.305 e. The number of hydrogen-bond donors (Lipinski definition) is 3. The lowest BCUT2D eigenvalue weighted by Gasteiger charge is -2.08. The van der Waals surface area contributed by atoms with Crippen LogP contribution in [-0.4, -0.2) is 26.8 Å². The van der Waals surface area contributed by atoms with Gasteiger partial charge in [-0.2, -0.15) is 0 Å². The molecule has 0 spiro atoms. The van der Waals surface area contributed by atoms with E-state index in [9.17, 15) is 26.8 Å². The Bertz CT molecular complexity index is 1230. The standard InChI is InChI=1S/C21H19F2N3O6S/c22-17-8-7-16(12-18(17)23)33(29,30)24-11-10-20(27)25-26-21(28)19-9-6-15(32-19)13-31-14-4-2-1-3-5-14/h1-9,12,24H,10-11,13H2,(H,25,27)(H,26,28). The van der Waals surface area contributed by atoms with E-state index >= 15 is 0 Å². The van der Waals surface area contributed by atoms with Crippen molar-refractivity contribution in [3.8, 4) is 5.75 Å². The van der Waals surface area contributed by atoms with Gasteiger partial charge in [-0.3, -0.25) is 20.4 Å². The Hall–Kier alpha value is -3.77. The molecular weight excluding hydrogens is 460 g/mol. The van der Waals surface area contributed by atoms with Crippen molar-refractivity contribution in [2.45, 2.75) is 17.9 Å². The normalized spacial score (nSPS) is 11.1. The van der Waals surface area contributed by atoms with Gasteiger partial charge in [-0.25, -0.2) is 21.9 Å². The molecule has 0 saturated heterocycles. The molecule has 0 bridgehead atoms. The van der Waals surface area contributed by atoms with Crippen LogP contribution in [0.25, 0.3) is 0 Å². The summed E-state index contributed by atoms with van der Waals surface area (Å²) >= 11 is 0. The van der Waals surface area contributed by atoms with Crippen molar-refractivity contribution in [1.82, 2.24) is 15.6 Å². The summed E-state index contributed by atoms with van der Waals surface area (Å²) in [4.78, 5) is 23.4. The van der Waals surface area contributed by atoms with Crippen molar-refractivity contribution < 1.29 is 35.9 Å². The van der Waals surface area contributed by atoms with Crippen LogP contribution in [0.3, 0.4) is 0 Å². The topological polar surface area (TPSA) is 127 Å². The quantitative estimate of drug-likeness (QED) is 0.404. The Balaban J connectivity index is 1.41. The smallest absolute Gasteiger partial charge is 0.305 e. The molecule has 0 unspecified atom stereocenters. The minimum atomic E-state index is -4.14. The van der Waals surface area contributed by atoms with Crippen molar-refractivity contribution in [2.75, 3.05) is 6.54 Å². The van der Waals surface area contributed by atoms with Gasteiger partial charge in [-0.15, -0.1) is 0 Å². The van der Waals surface area contributed by atoms with Gasteiger partial charge in [0.05, 0.1) is 4.90 Å². The summed E-state index contributed by atoms with van der Waals surface area (Å²) in [6.45, 7) is -0.244. The van der Waals surface area contributed by atoms with Crippen LogP contribution in [0.1, 0.15) is 22.7 Å². The molecule has 33 heavy (non-hydrogen) atoms. The van der Waals surface area contributed by atoms with Crippen LogP contribution in [0.15, 0.2) is 70.0 Å². The third kappa shape index (κ3) is 6.85. The first kappa shape index (κ1) is 23.9. The zero-order chi connectivity index (χ0) is 23.8. The summed E-state index contributed by atoms with van der Waals surface area (Å²) in [6.07, 6.45) is -0.336. The lowest BCUT2D eigenvalue weighted by atomic mass is 10.3. The maximum atomic E-state index is 13.2. The summed E-state index contributed by atoms with van der Waals surface area (Å²) in [5, 5.41) is 0. The average Bonchev–Trinajstić information content (AvgIpc) is 3.27. The Morgan fingerprint density at radius 3 is 2.42 bits per heavy atom. The molecule has 12 heteroatoms. The molecule has 3 N–H and O–H groups in total. The van der Waals surface area contributed by atoms with Crippen molar-refractivity contribution >= 4 is 21.8 Å². The number of carbonyl (C=O) groups excluding carboxylic acids is 2. The Labute approximate surface area is 187 Å². The van der Waals surface area contributed by atoms with E-state index in [1.807, 2.05) is 18.2 Å². The molecule has 3 rings (SSSR count). The van der Waals surface area contributed by atoms with Crippen LogP contribution in [-0.2, 0) is 21.4 Å². The summed E-state index contributed by atoms with van der Waals surface area (Å²) in [5.74, 6) is -2.97. The predicted octanol–water partition coefficient (Wildman–Crippen LogP) is 2.27. The van der Waals surface area contributed by atoms with E-state index in [0.717, 1.165) is 6.07 Å². The third-order valence-electron chi connectivity index (χ3n) is 4.17. The maximum absolute atomic E-state index is 13.2. The van der Waals surface area contributed by atoms with E-state index in [1.54, 1.807) is 18.2 Å². The van der Waals surface area contributed by atoms with Gasteiger partial charge in [0.15, 0.2) is 17.4 Å². The van der Waals surface area contributed by atoms with Gasteiger partial charge in [0.2, 0.25) is 15.9 Å². The summed E-state index contributed by atoms with van der Waals surface area (Å²) in [6, 6.07) is 14.1. The molecule has 2 aromatic carbocycles. The number of hydrogen-bond acceptors (Lipinski definition) is 6. The number of rotatable bonds is 9. The van der Waals surface area contributed by atoms with Gasteiger partial charge < -0.3 is 9.15 Å². The minimum absolute atomic E-state index is 0.0685. The first-order valence-electron chi connectivity index (χ1n) is 9.55. The SMILES string of the molecule is O=C(CCNS(=O)(=O)c1ccc(F)c(F)c1)NNC(=O)c1ccc(COc2ccccc2)o1. The molecule has 1 heterocycles. The highest BCUT2D eigenvalue weighted by Crippen LogP contribution is 2.14. The molecule has 0 aliphatic carbocycles. The Kier molecular flexibility index (Phi) is 7.74. The van der Waals surface area contributed by atoms with Crippen LogP contribution < -0.4 is 20.3 Å². The number of para-hydroxylation sites is 1. The number of sulfonamides is 1. The summed E-state index contributed by atoms with van der Waals surface area (Å²) in [7, 11) is -4.14. The number of amides is 2. The highest BCUT2D eigenvalue weighted by Gasteiger charge is 2.17. The highest BCUT2D eigenvalue weighted by molar-refractivity contribution is 7.89. The Morgan fingerprint density at radius 2 is 1.70 bits per heavy atom. The molecule has 174 valence electrons. The van der Waals surface area contributed by atoms with E-state index in [-0.39, 0.29) is 25.3 Å². The van der Waals surface area contributed by atoms with Crippen molar-refractivity contribution in [3.05, 3.63) is 83.8 Å². The number of furan rings is 1. The van der Waals surface area contributed by atoms with E-state index in [2.05, 4.69) is 15.6 Å². The van der Waals surface area contributed by atoms with Crippen molar-refractivity contribution in [3.63, 3.8) is 0 Å². The average molecular weight is 479 g/mol. The van der Waals surface area contributed by atoms with Crippen molar-refractivity contribution in [2.24, 2.45) is 0 Å². The van der Waals surface area contributed by atoms with E-state index in [0.29, 0.717) is 23.6 Å². The molecule has 0 aliphatic rings. The molecule has 0 atom stereocenters. The number of carbonyl (C=O) groups is 2.